The van der Waals surface area contributed by atoms with Crippen LogP contribution in [-0.4, -0.2) is 0 Å². The molecular formula is C19H24O. The third kappa shape index (κ3) is 5.08. The number of aryl methyl sites for hydroxylation is 1. The van der Waals surface area contributed by atoms with Gasteiger partial charge in [0.15, 0.2) is 0 Å². The zero-order valence-electron chi connectivity index (χ0n) is 12.3. The van der Waals surface area contributed by atoms with Crippen LogP contribution in [0, 0.1) is 0 Å². The Bertz CT molecular complexity index is 473. The highest BCUT2D eigenvalue weighted by Gasteiger charge is 1.97. The molecule has 20 heavy (non-hydrogen) atoms. The highest BCUT2D eigenvalue weighted by atomic mass is 16.5. The molecule has 2 aromatic rings. The summed E-state index contributed by atoms with van der Waals surface area (Å²) in [7, 11) is 0. The van der Waals surface area contributed by atoms with Gasteiger partial charge in [0.05, 0.1) is 0 Å². The van der Waals surface area contributed by atoms with Crippen molar-refractivity contribution in [3.63, 3.8) is 0 Å². The van der Waals surface area contributed by atoms with E-state index >= 15 is 0 Å². The lowest BCUT2D eigenvalue weighted by Crippen LogP contribution is -1.95. The van der Waals surface area contributed by atoms with Crippen molar-refractivity contribution in [2.24, 2.45) is 0 Å². The van der Waals surface area contributed by atoms with Crippen LogP contribution in [0.4, 0.5) is 0 Å². The fourth-order valence-corrected chi connectivity index (χ4v) is 2.25. The maximum atomic E-state index is 5.79. The normalized spacial score (nSPS) is 10.4. The van der Waals surface area contributed by atoms with Crippen LogP contribution in [-0.2, 0) is 13.0 Å². The molecule has 0 amide bonds. The smallest absolute Gasteiger partial charge is 0.119 e. The van der Waals surface area contributed by atoms with Gasteiger partial charge in [0.1, 0.15) is 12.4 Å². The third-order valence-electron chi connectivity index (χ3n) is 3.49. The zero-order valence-corrected chi connectivity index (χ0v) is 12.3. The number of hydrogen-bond donors (Lipinski definition) is 0. The van der Waals surface area contributed by atoms with Gasteiger partial charge in [-0.25, -0.2) is 0 Å². The quantitative estimate of drug-likeness (QED) is 0.583. The van der Waals surface area contributed by atoms with Crippen LogP contribution in [0.2, 0.25) is 0 Å². The lowest BCUT2D eigenvalue weighted by atomic mass is 10.1. The van der Waals surface area contributed by atoms with Gasteiger partial charge in [-0.1, -0.05) is 68.7 Å². The van der Waals surface area contributed by atoms with Crippen LogP contribution in [0.25, 0.3) is 0 Å². The molecule has 1 heteroatoms. The molecule has 0 saturated carbocycles. The van der Waals surface area contributed by atoms with Crippen LogP contribution >= 0.6 is 0 Å². The largest absolute Gasteiger partial charge is 0.489 e. The summed E-state index contributed by atoms with van der Waals surface area (Å²) in [5, 5.41) is 0. The lowest BCUT2D eigenvalue weighted by Gasteiger charge is -2.07. The lowest BCUT2D eigenvalue weighted by molar-refractivity contribution is 0.306. The second kappa shape index (κ2) is 8.42. The molecule has 0 heterocycles. The minimum Gasteiger partial charge on any atom is -0.489 e. The number of hydrogen-bond acceptors (Lipinski definition) is 1. The first-order valence-corrected chi connectivity index (χ1v) is 7.64. The van der Waals surface area contributed by atoms with E-state index in [1.54, 1.807) is 0 Å². The molecule has 2 aromatic carbocycles. The van der Waals surface area contributed by atoms with Crippen LogP contribution in [0.5, 0.6) is 5.75 Å². The minimum atomic E-state index is 0.636. The molecule has 0 aliphatic carbocycles. The number of rotatable bonds is 8. The van der Waals surface area contributed by atoms with Gasteiger partial charge < -0.3 is 4.74 Å². The molecule has 0 unspecified atom stereocenters. The molecule has 0 aliphatic rings. The van der Waals surface area contributed by atoms with E-state index in [9.17, 15) is 0 Å². The molecule has 0 saturated heterocycles. The van der Waals surface area contributed by atoms with Crippen molar-refractivity contribution in [3.05, 3.63) is 65.7 Å². The van der Waals surface area contributed by atoms with E-state index in [0.29, 0.717) is 6.61 Å². The van der Waals surface area contributed by atoms with E-state index in [2.05, 4.69) is 43.3 Å². The summed E-state index contributed by atoms with van der Waals surface area (Å²) >= 11 is 0. The average molecular weight is 268 g/mol. The molecule has 106 valence electrons. The topological polar surface area (TPSA) is 9.23 Å². The maximum Gasteiger partial charge on any atom is 0.119 e. The van der Waals surface area contributed by atoms with Crippen LogP contribution in [0.15, 0.2) is 54.6 Å². The fraction of sp³-hybridized carbons (Fsp3) is 0.368. The third-order valence-corrected chi connectivity index (χ3v) is 3.49. The van der Waals surface area contributed by atoms with E-state index in [1.807, 2.05) is 18.2 Å². The van der Waals surface area contributed by atoms with Gasteiger partial charge in [-0.2, -0.15) is 0 Å². The summed E-state index contributed by atoms with van der Waals surface area (Å²) in [4.78, 5) is 0. The number of benzene rings is 2. The van der Waals surface area contributed by atoms with E-state index in [1.165, 1.54) is 43.2 Å². The van der Waals surface area contributed by atoms with Crippen LogP contribution in [0.1, 0.15) is 43.7 Å². The van der Waals surface area contributed by atoms with Gasteiger partial charge in [0.2, 0.25) is 0 Å². The molecule has 0 N–H and O–H groups in total. The predicted molar refractivity (Wildman–Crippen MR) is 85.1 cm³/mol. The summed E-state index contributed by atoms with van der Waals surface area (Å²) < 4.78 is 5.79. The standard InChI is InChI=1S/C19H24O/c1-2-3-4-6-9-17-12-14-19(15-13-17)20-16-18-10-7-5-8-11-18/h5,7-8,10-15H,2-4,6,9,16H2,1H3. The van der Waals surface area contributed by atoms with E-state index < -0.39 is 0 Å². The Labute approximate surface area is 122 Å². The Balaban J connectivity index is 1.76. The second-order valence-corrected chi connectivity index (χ2v) is 5.23. The molecule has 0 atom stereocenters. The molecule has 2 rings (SSSR count). The Kier molecular flexibility index (Phi) is 6.16. The molecule has 0 fully saturated rings. The minimum absolute atomic E-state index is 0.636. The van der Waals surface area contributed by atoms with Crippen molar-refractivity contribution >= 4 is 0 Å². The highest BCUT2D eigenvalue weighted by molar-refractivity contribution is 5.27. The predicted octanol–water partition coefficient (Wildman–Crippen LogP) is 5.39. The molecule has 0 bridgehead atoms. The van der Waals surface area contributed by atoms with Gasteiger partial charge in [0, 0.05) is 0 Å². The molecular weight excluding hydrogens is 244 g/mol. The van der Waals surface area contributed by atoms with Crippen LogP contribution < -0.4 is 4.74 Å². The molecule has 0 aromatic heterocycles. The van der Waals surface area contributed by atoms with Crippen molar-refractivity contribution in [2.75, 3.05) is 0 Å². The van der Waals surface area contributed by atoms with Crippen molar-refractivity contribution in [1.82, 2.24) is 0 Å². The molecule has 0 spiro atoms. The van der Waals surface area contributed by atoms with Gasteiger partial charge in [-0.05, 0) is 36.1 Å². The number of unbranched alkanes of at least 4 members (excludes halogenated alkanes) is 3. The summed E-state index contributed by atoms with van der Waals surface area (Å²) in [6, 6.07) is 18.8. The summed E-state index contributed by atoms with van der Waals surface area (Å²) in [5.41, 5.74) is 2.62. The molecule has 0 aliphatic heterocycles. The monoisotopic (exact) mass is 268 g/mol. The first-order valence-electron chi connectivity index (χ1n) is 7.64. The maximum absolute atomic E-state index is 5.79. The van der Waals surface area contributed by atoms with E-state index in [0.717, 1.165) is 5.75 Å². The van der Waals surface area contributed by atoms with Gasteiger partial charge in [-0.15, -0.1) is 0 Å². The fourth-order valence-electron chi connectivity index (χ4n) is 2.25. The molecule has 1 nitrogen and oxygen atoms in total. The van der Waals surface area contributed by atoms with Gasteiger partial charge in [-0.3, -0.25) is 0 Å². The van der Waals surface area contributed by atoms with E-state index in [-0.39, 0.29) is 0 Å². The van der Waals surface area contributed by atoms with Crippen molar-refractivity contribution in [3.8, 4) is 5.75 Å². The van der Waals surface area contributed by atoms with Gasteiger partial charge in [0.25, 0.3) is 0 Å². The van der Waals surface area contributed by atoms with Crippen molar-refractivity contribution in [1.29, 1.82) is 0 Å². The average Bonchev–Trinajstić information content (AvgIpc) is 2.52. The SMILES string of the molecule is CCCCCCc1ccc(OCc2ccccc2)cc1. The second-order valence-electron chi connectivity index (χ2n) is 5.23. The highest BCUT2D eigenvalue weighted by Crippen LogP contribution is 2.16. The first kappa shape index (κ1) is 14.6. The summed E-state index contributed by atoms with van der Waals surface area (Å²) in [6.45, 7) is 2.88. The Morgan fingerprint density at radius 1 is 0.750 bits per heavy atom. The summed E-state index contributed by atoms with van der Waals surface area (Å²) in [5.74, 6) is 0.950. The zero-order chi connectivity index (χ0) is 14.0. The Morgan fingerprint density at radius 2 is 1.50 bits per heavy atom. The van der Waals surface area contributed by atoms with Crippen LogP contribution in [0.3, 0.4) is 0 Å². The van der Waals surface area contributed by atoms with Gasteiger partial charge >= 0.3 is 0 Å². The summed E-state index contributed by atoms with van der Waals surface area (Å²) in [6.07, 6.45) is 6.45. The first-order chi connectivity index (χ1) is 9.88. The van der Waals surface area contributed by atoms with Crippen molar-refractivity contribution in [2.45, 2.75) is 45.6 Å². The van der Waals surface area contributed by atoms with E-state index in [4.69, 9.17) is 4.74 Å². The molecule has 0 radical (unpaired) electrons. The Morgan fingerprint density at radius 3 is 2.20 bits per heavy atom. The number of ether oxygens (including phenoxy) is 1. The van der Waals surface area contributed by atoms with Crippen molar-refractivity contribution < 1.29 is 4.74 Å². The Hall–Kier alpha value is -1.76.